The third-order valence-electron chi connectivity index (χ3n) is 4.33. The van der Waals surface area contributed by atoms with E-state index in [1.807, 2.05) is 12.1 Å². The van der Waals surface area contributed by atoms with E-state index >= 15 is 0 Å². The highest BCUT2D eigenvalue weighted by Gasteiger charge is 2.43. The van der Waals surface area contributed by atoms with E-state index in [4.69, 9.17) is 4.74 Å². The van der Waals surface area contributed by atoms with Gasteiger partial charge in [0.2, 0.25) is 0 Å². The molecule has 5 nitrogen and oxygen atoms in total. The number of carbonyl (C=O) groups is 2. The van der Waals surface area contributed by atoms with Crippen molar-refractivity contribution in [3.05, 3.63) is 29.8 Å². The van der Waals surface area contributed by atoms with Crippen molar-refractivity contribution in [3.63, 3.8) is 0 Å². The van der Waals surface area contributed by atoms with Crippen LogP contribution in [0.4, 0.5) is 4.79 Å². The Labute approximate surface area is 160 Å². The summed E-state index contributed by atoms with van der Waals surface area (Å²) in [5.41, 5.74) is 0.667. The Morgan fingerprint density at radius 2 is 1.77 bits per heavy atom. The van der Waals surface area contributed by atoms with Crippen LogP contribution in [-0.2, 0) is 10.2 Å². The van der Waals surface area contributed by atoms with E-state index in [-0.39, 0.29) is 17.4 Å². The Hall–Kier alpha value is -1.69. The summed E-state index contributed by atoms with van der Waals surface area (Å²) in [4.78, 5) is 25.1. The molecule has 1 heterocycles. The SMILES string of the molecule is CC1(C)NC(=O)N(CCSCCCOc2ccc(C(C)(C)C)cc2)C1=O. The van der Waals surface area contributed by atoms with Crippen LogP contribution in [0.3, 0.4) is 0 Å². The Balaban J connectivity index is 1.60. The molecule has 0 spiro atoms. The van der Waals surface area contributed by atoms with Gasteiger partial charge in [-0.15, -0.1) is 0 Å². The lowest BCUT2D eigenvalue weighted by Gasteiger charge is -2.19. The van der Waals surface area contributed by atoms with Crippen molar-refractivity contribution < 1.29 is 14.3 Å². The molecule has 1 fully saturated rings. The molecular weight excluding hydrogens is 348 g/mol. The number of ether oxygens (including phenoxy) is 1. The molecule has 1 aromatic rings. The van der Waals surface area contributed by atoms with Gasteiger partial charge in [-0.3, -0.25) is 9.69 Å². The van der Waals surface area contributed by atoms with Crippen molar-refractivity contribution in [2.24, 2.45) is 0 Å². The van der Waals surface area contributed by atoms with Crippen molar-refractivity contribution in [3.8, 4) is 5.75 Å². The third-order valence-corrected chi connectivity index (χ3v) is 5.37. The van der Waals surface area contributed by atoms with Gasteiger partial charge in [-0.1, -0.05) is 32.9 Å². The zero-order valence-electron chi connectivity index (χ0n) is 16.4. The molecule has 0 radical (unpaired) electrons. The normalized spacial score (nSPS) is 16.7. The molecule has 1 aliphatic heterocycles. The molecule has 0 aliphatic carbocycles. The van der Waals surface area contributed by atoms with Crippen LogP contribution in [0.2, 0.25) is 0 Å². The summed E-state index contributed by atoms with van der Waals surface area (Å²) in [5.74, 6) is 2.43. The summed E-state index contributed by atoms with van der Waals surface area (Å²) in [6.45, 7) is 11.2. The minimum absolute atomic E-state index is 0.148. The predicted molar refractivity (Wildman–Crippen MR) is 107 cm³/mol. The molecule has 0 atom stereocenters. The van der Waals surface area contributed by atoms with Crippen LogP contribution >= 0.6 is 11.8 Å². The van der Waals surface area contributed by atoms with Crippen molar-refractivity contribution >= 4 is 23.7 Å². The highest BCUT2D eigenvalue weighted by atomic mass is 32.2. The minimum Gasteiger partial charge on any atom is -0.494 e. The molecule has 6 heteroatoms. The molecule has 26 heavy (non-hydrogen) atoms. The summed E-state index contributed by atoms with van der Waals surface area (Å²) in [7, 11) is 0. The van der Waals surface area contributed by atoms with E-state index < -0.39 is 5.54 Å². The number of hydrogen-bond donors (Lipinski definition) is 1. The van der Waals surface area contributed by atoms with E-state index in [2.05, 4.69) is 38.2 Å². The van der Waals surface area contributed by atoms with Crippen LogP contribution in [-0.4, -0.2) is 47.0 Å². The van der Waals surface area contributed by atoms with Crippen LogP contribution in [0.1, 0.15) is 46.6 Å². The first-order chi connectivity index (χ1) is 12.1. The van der Waals surface area contributed by atoms with E-state index in [9.17, 15) is 9.59 Å². The molecule has 0 bridgehead atoms. The highest BCUT2D eigenvalue weighted by molar-refractivity contribution is 7.99. The molecule has 1 N–H and O–H groups in total. The summed E-state index contributed by atoms with van der Waals surface area (Å²) >= 11 is 1.73. The fourth-order valence-corrected chi connectivity index (χ4v) is 3.52. The van der Waals surface area contributed by atoms with Gasteiger partial charge in [0, 0.05) is 12.3 Å². The number of urea groups is 1. The summed E-state index contributed by atoms with van der Waals surface area (Å²) < 4.78 is 5.77. The maximum Gasteiger partial charge on any atom is 0.325 e. The highest BCUT2D eigenvalue weighted by Crippen LogP contribution is 2.24. The largest absolute Gasteiger partial charge is 0.494 e. The second-order valence-electron chi connectivity index (χ2n) is 8.10. The van der Waals surface area contributed by atoms with Gasteiger partial charge in [0.1, 0.15) is 11.3 Å². The van der Waals surface area contributed by atoms with Crippen molar-refractivity contribution in [1.29, 1.82) is 0 Å². The van der Waals surface area contributed by atoms with E-state index in [0.29, 0.717) is 13.2 Å². The first kappa shape index (κ1) is 20.6. The third kappa shape index (κ3) is 5.40. The molecular formula is C20H30N2O3S. The fraction of sp³-hybridized carbons (Fsp3) is 0.600. The number of nitrogens with one attached hydrogen (secondary N) is 1. The number of thioether (sulfide) groups is 1. The average molecular weight is 379 g/mol. The maximum atomic E-state index is 12.1. The number of imide groups is 1. The molecule has 3 amide bonds. The van der Waals surface area contributed by atoms with E-state index in [1.54, 1.807) is 25.6 Å². The quantitative estimate of drug-likeness (QED) is 0.552. The number of amides is 3. The van der Waals surface area contributed by atoms with Gasteiger partial charge in [0.25, 0.3) is 5.91 Å². The number of nitrogens with zero attached hydrogens (tertiary/aromatic N) is 1. The van der Waals surface area contributed by atoms with Crippen LogP contribution in [0.15, 0.2) is 24.3 Å². The standard InChI is InChI=1S/C20H30N2O3S/c1-19(2,3)15-7-9-16(10-8-15)25-12-6-13-26-14-11-22-17(23)20(4,5)21-18(22)24/h7-10H,6,11-14H2,1-5H3,(H,21,24). The lowest BCUT2D eigenvalue weighted by atomic mass is 9.87. The van der Waals surface area contributed by atoms with Gasteiger partial charge >= 0.3 is 6.03 Å². The molecule has 1 aliphatic rings. The second-order valence-corrected chi connectivity index (χ2v) is 9.33. The number of benzene rings is 1. The molecule has 144 valence electrons. The first-order valence-corrected chi connectivity index (χ1v) is 10.2. The molecule has 0 aromatic heterocycles. The van der Waals surface area contributed by atoms with Gasteiger partial charge in [0.15, 0.2) is 0 Å². The summed E-state index contributed by atoms with van der Waals surface area (Å²) in [6, 6.07) is 7.98. The van der Waals surface area contributed by atoms with Crippen molar-refractivity contribution in [2.75, 3.05) is 24.7 Å². The average Bonchev–Trinajstić information content (AvgIpc) is 2.74. The number of hydrogen-bond acceptors (Lipinski definition) is 4. The number of carbonyl (C=O) groups excluding carboxylic acids is 2. The topological polar surface area (TPSA) is 58.6 Å². The van der Waals surface area contributed by atoms with Gasteiger partial charge in [-0.2, -0.15) is 11.8 Å². The molecule has 1 aromatic carbocycles. The molecule has 0 unspecified atom stereocenters. The number of rotatable bonds is 8. The Bertz CT molecular complexity index is 635. The molecule has 2 rings (SSSR count). The van der Waals surface area contributed by atoms with E-state index in [1.165, 1.54) is 10.5 Å². The lowest BCUT2D eigenvalue weighted by molar-refractivity contribution is -0.130. The van der Waals surface area contributed by atoms with E-state index in [0.717, 1.165) is 23.7 Å². The van der Waals surface area contributed by atoms with Crippen LogP contribution in [0.25, 0.3) is 0 Å². The van der Waals surface area contributed by atoms with Crippen molar-refractivity contribution in [1.82, 2.24) is 10.2 Å². The Kier molecular flexibility index (Phi) is 6.61. The monoisotopic (exact) mass is 378 g/mol. The lowest BCUT2D eigenvalue weighted by Crippen LogP contribution is -2.40. The smallest absolute Gasteiger partial charge is 0.325 e. The van der Waals surface area contributed by atoms with Gasteiger partial charge < -0.3 is 10.1 Å². The Morgan fingerprint density at radius 3 is 2.31 bits per heavy atom. The van der Waals surface area contributed by atoms with Crippen molar-refractivity contribution in [2.45, 2.75) is 52.0 Å². The summed E-state index contributed by atoms with van der Waals surface area (Å²) in [6.07, 6.45) is 0.928. The first-order valence-electron chi connectivity index (χ1n) is 9.06. The Morgan fingerprint density at radius 1 is 1.12 bits per heavy atom. The van der Waals surface area contributed by atoms with Gasteiger partial charge in [-0.25, -0.2) is 4.79 Å². The van der Waals surface area contributed by atoms with Crippen LogP contribution in [0.5, 0.6) is 5.75 Å². The maximum absolute atomic E-state index is 12.1. The zero-order chi connectivity index (χ0) is 19.4. The fourth-order valence-electron chi connectivity index (χ4n) is 2.68. The zero-order valence-corrected chi connectivity index (χ0v) is 17.2. The van der Waals surface area contributed by atoms with Gasteiger partial charge in [0.05, 0.1) is 6.61 Å². The second kappa shape index (κ2) is 8.33. The van der Waals surface area contributed by atoms with Crippen LogP contribution in [0, 0.1) is 0 Å². The molecule has 1 saturated heterocycles. The summed E-state index contributed by atoms with van der Waals surface area (Å²) in [5, 5.41) is 2.69. The predicted octanol–water partition coefficient (Wildman–Crippen LogP) is 3.82. The van der Waals surface area contributed by atoms with Gasteiger partial charge in [-0.05, 0) is 49.1 Å². The van der Waals surface area contributed by atoms with Crippen LogP contribution < -0.4 is 10.1 Å². The molecule has 0 saturated carbocycles. The minimum atomic E-state index is -0.780.